The molecule has 0 fully saturated rings. The molecule has 5 heteroatoms. The molecule has 66 valence electrons. The molecular weight excluding hydrogens is 154 g/mol. The Morgan fingerprint density at radius 1 is 1.33 bits per heavy atom. The van der Waals surface area contributed by atoms with Crippen LogP contribution in [-0.4, -0.2) is 30.1 Å². The quantitative estimate of drug-likeness (QED) is 0.583. The summed E-state index contributed by atoms with van der Waals surface area (Å²) in [7, 11) is 1.80. The summed E-state index contributed by atoms with van der Waals surface area (Å²) in [5.74, 6) is 1.48. The Bertz CT molecular complexity index is 237. The van der Waals surface area contributed by atoms with Gasteiger partial charge in [-0.15, -0.1) is 0 Å². The molecule has 0 aromatic carbocycles. The highest BCUT2D eigenvalue weighted by molar-refractivity contribution is 5.57. The zero-order valence-electron chi connectivity index (χ0n) is 7.04. The lowest BCUT2D eigenvalue weighted by Crippen LogP contribution is -2.15. The van der Waals surface area contributed by atoms with Gasteiger partial charge >= 0.3 is 0 Å². The summed E-state index contributed by atoms with van der Waals surface area (Å²) < 4.78 is 0. The van der Waals surface area contributed by atoms with E-state index in [-0.39, 0.29) is 0 Å². The maximum absolute atomic E-state index is 5.34. The van der Waals surface area contributed by atoms with Gasteiger partial charge in [-0.3, -0.25) is 0 Å². The molecule has 0 saturated carbocycles. The van der Waals surface area contributed by atoms with E-state index in [4.69, 9.17) is 5.73 Å². The number of aromatic nitrogens is 2. The van der Waals surface area contributed by atoms with Gasteiger partial charge in [0.05, 0.1) is 0 Å². The van der Waals surface area contributed by atoms with Crippen LogP contribution in [0.15, 0.2) is 12.4 Å². The van der Waals surface area contributed by atoms with E-state index in [9.17, 15) is 0 Å². The number of nitrogens with two attached hydrogens (primary N) is 1. The number of hydrogen-bond acceptors (Lipinski definition) is 5. The molecule has 0 amide bonds. The van der Waals surface area contributed by atoms with Crippen molar-refractivity contribution in [3.63, 3.8) is 0 Å². The standard InChI is InChI=1S/C7H13N5/c1-9-6-7(10-3-2-8)12-5-4-11-6/h4-5H,2-3,8H2,1H3,(H,9,11)(H,10,12). The Hall–Kier alpha value is -1.36. The summed E-state index contributed by atoms with van der Waals surface area (Å²) in [6.07, 6.45) is 3.28. The molecule has 4 N–H and O–H groups in total. The maximum Gasteiger partial charge on any atom is 0.169 e. The first-order valence-electron chi connectivity index (χ1n) is 3.81. The summed E-state index contributed by atoms with van der Waals surface area (Å²) in [6.45, 7) is 1.28. The Balaban J connectivity index is 2.68. The first-order chi connectivity index (χ1) is 5.88. The fourth-order valence-corrected chi connectivity index (χ4v) is 0.841. The number of nitrogens with one attached hydrogen (secondary N) is 2. The molecule has 0 aliphatic carbocycles. The predicted molar refractivity (Wildman–Crippen MR) is 49.1 cm³/mol. The molecule has 1 heterocycles. The summed E-state index contributed by atoms with van der Waals surface area (Å²) in [5.41, 5.74) is 5.34. The van der Waals surface area contributed by atoms with Crippen LogP contribution in [0.3, 0.4) is 0 Å². The fourth-order valence-electron chi connectivity index (χ4n) is 0.841. The van der Waals surface area contributed by atoms with Gasteiger partial charge in [-0.1, -0.05) is 0 Å². The predicted octanol–water partition coefficient (Wildman–Crippen LogP) is -0.111. The third-order valence-electron chi connectivity index (χ3n) is 1.37. The van der Waals surface area contributed by atoms with E-state index in [0.29, 0.717) is 13.1 Å². The monoisotopic (exact) mass is 167 g/mol. The minimum absolute atomic E-state index is 0.583. The van der Waals surface area contributed by atoms with Crippen LogP contribution < -0.4 is 16.4 Å². The topological polar surface area (TPSA) is 75.9 Å². The largest absolute Gasteiger partial charge is 0.370 e. The van der Waals surface area contributed by atoms with Gasteiger partial charge in [-0.25, -0.2) is 9.97 Å². The summed E-state index contributed by atoms with van der Waals surface area (Å²) in [5, 5.41) is 5.98. The van der Waals surface area contributed by atoms with E-state index in [1.54, 1.807) is 19.4 Å². The Kier molecular flexibility index (Phi) is 3.28. The highest BCUT2D eigenvalue weighted by Crippen LogP contribution is 2.11. The van der Waals surface area contributed by atoms with Crippen molar-refractivity contribution in [3.05, 3.63) is 12.4 Å². The van der Waals surface area contributed by atoms with Gasteiger partial charge < -0.3 is 16.4 Å². The maximum atomic E-state index is 5.34. The summed E-state index contributed by atoms with van der Waals surface area (Å²) in [4.78, 5) is 8.17. The van der Waals surface area contributed by atoms with Gasteiger partial charge in [0.15, 0.2) is 11.6 Å². The van der Waals surface area contributed by atoms with Gasteiger partial charge in [0, 0.05) is 32.5 Å². The van der Waals surface area contributed by atoms with Crippen LogP contribution >= 0.6 is 0 Å². The van der Waals surface area contributed by atoms with Gasteiger partial charge in [0.1, 0.15) is 0 Å². The minimum atomic E-state index is 0.583. The number of anilines is 2. The first kappa shape index (κ1) is 8.73. The lowest BCUT2D eigenvalue weighted by atomic mass is 10.5. The van der Waals surface area contributed by atoms with Crippen LogP contribution in [0.1, 0.15) is 0 Å². The third-order valence-corrected chi connectivity index (χ3v) is 1.37. The Labute approximate surface area is 71.4 Å². The molecule has 0 unspecified atom stereocenters. The fraction of sp³-hybridized carbons (Fsp3) is 0.429. The van der Waals surface area contributed by atoms with E-state index >= 15 is 0 Å². The zero-order valence-corrected chi connectivity index (χ0v) is 7.04. The molecule has 0 aliphatic heterocycles. The molecule has 0 radical (unpaired) electrons. The Morgan fingerprint density at radius 3 is 2.58 bits per heavy atom. The second kappa shape index (κ2) is 4.50. The number of rotatable bonds is 4. The molecule has 1 aromatic rings. The Morgan fingerprint density at radius 2 is 2.00 bits per heavy atom. The molecule has 0 saturated heterocycles. The van der Waals surface area contributed by atoms with Crippen LogP contribution in [0.4, 0.5) is 11.6 Å². The zero-order chi connectivity index (χ0) is 8.81. The average molecular weight is 167 g/mol. The van der Waals surface area contributed by atoms with Gasteiger partial charge in [0.2, 0.25) is 0 Å². The average Bonchev–Trinajstić information content (AvgIpc) is 2.15. The summed E-state index contributed by atoms with van der Waals surface area (Å²) in [6, 6.07) is 0. The van der Waals surface area contributed by atoms with Crippen LogP contribution in [0.25, 0.3) is 0 Å². The number of nitrogens with zero attached hydrogens (tertiary/aromatic N) is 2. The molecule has 0 aliphatic rings. The van der Waals surface area contributed by atoms with Crippen molar-refractivity contribution in [1.29, 1.82) is 0 Å². The summed E-state index contributed by atoms with van der Waals surface area (Å²) >= 11 is 0. The SMILES string of the molecule is CNc1nccnc1NCCN. The van der Waals surface area contributed by atoms with Crippen molar-refractivity contribution < 1.29 is 0 Å². The molecule has 0 bridgehead atoms. The van der Waals surface area contributed by atoms with Crippen LogP contribution in [0, 0.1) is 0 Å². The van der Waals surface area contributed by atoms with Crippen LogP contribution in [0.5, 0.6) is 0 Å². The molecule has 1 aromatic heterocycles. The van der Waals surface area contributed by atoms with Crippen molar-refractivity contribution in [1.82, 2.24) is 9.97 Å². The van der Waals surface area contributed by atoms with Crippen molar-refractivity contribution in [3.8, 4) is 0 Å². The first-order valence-corrected chi connectivity index (χ1v) is 3.81. The number of hydrogen-bond donors (Lipinski definition) is 3. The van der Waals surface area contributed by atoms with Gasteiger partial charge in [-0.05, 0) is 0 Å². The molecule has 0 atom stereocenters. The second-order valence-electron chi connectivity index (χ2n) is 2.22. The van der Waals surface area contributed by atoms with E-state index in [1.807, 2.05) is 0 Å². The van der Waals surface area contributed by atoms with Crippen LogP contribution in [0.2, 0.25) is 0 Å². The highest BCUT2D eigenvalue weighted by Gasteiger charge is 1.99. The minimum Gasteiger partial charge on any atom is -0.370 e. The van der Waals surface area contributed by atoms with Crippen molar-refractivity contribution >= 4 is 11.6 Å². The molecule has 5 nitrogen and oxygen atoms in total. The smallest absolute Gasteiger partial charge is 0.169 e. The van der Waals surface area contributed by atoms with E-state index in [2.05, 4.69) is 20.6 Å². The van der Waals surface area contributed by atoms with E-state index in [0.717, 1.165) is 11.6 Å². The van der Waals surface area contributed by atoms with E-state index in [1.165, 1.54) is 0 Å². The molecule has 12 heavy (non-hydrogen) atoms. The van der Waals surface area contributed by atoms with E-state index < -0.39 is 0 Å². The third kappa shape index (κ3) is 2.06. The normalized spacial score (nSPS) is 9.50. The highest BCUT2D eigenvalue weighted by atomic mass is 15.1. The second-order valence-corrected chi connectivity index (χ2v) is 2.22. The van der Waals surface area contributed by atoms with Crippen LogP contribution in [-0.2, 0) is 0 Å². The lowest BCUT2D eigenvalue weighted by Gasteiger charge is -2.07. The molecule has 0 spiro atoms. The van der Waals surface area contributed by atoms with Crippen molar-refractivity contribution in [2.45, 2.75) is 0 Å². The lowest BCUT2D eigenvalue weighted by molar-refractivity contribution is 1.00. The molecular formula is C7H13N5. The molecule has 1 rings (SSSR count). The van der Waals surface area contributed by atoms with Crippen molar-refractivity contribution in [2.24, 2.45) is 5.73 Å². The van der Waals surface area contributed by atoms with Gasteiger partial charge in [0.25, 0.3) is 0 Å². The van der Waals surface area contributed by atoms with Crippen molar-refractivity contribution in [2.75, 3.05) is 30.8 Å². The van der Waals surface area contributed by atoms with Gasteiger partial charge in [-0.2, -0.15) is 0 Å².